The fourth-order valence-electron chi connectivity index (χ4n) is 2.75. The second-order valence-electron chi connectivity index (χ2n) is 5.01. The molecule has 1 aromatic carbocycles. The Labute approximate surface area is 112 Å². The molecule has 19 heavy (non-hydrogen) atoms. The van der Waals surface area contributed by atoms with Crippen molar-refractivity contribution < 1.29 is 9.60 Å². The van der Waals surface area contributed by atoms with Crippen LogP contribution in [-0.4, -0.2) is 28.5 Å². The van der Waals surface area contributed by atoms with Gasteiger partial charge in [-0.3, -0.25) is 4.90 Å². The third-order valence-electron chi connectivity index (χ3n) is 3.72. The molecule has 1 saturated heterocycles. The maximum Gasteiger partial charge on any atom is 0.170 e. The summed E-state index contributed by atoms with van der Waals surface area (Å²) in [4.78, 5) is 2.37. The Morgan fingerprint density at radius 1 is 1.53 bits per heavy atom. The van der Waals surface area contributed by atoms with E-state index in [9.17, 15) is 4.39 Å². The lowest BCUT2D eigenvalue weighted by Crippen LogP contribution is -2.28. The van der Waals surface area contributed by atoms with Gasteiger partial charge in [-0.25, -0.2) is 4.39 Å². The molecule has 1 aromatic rings. The third-order valence-corrected chi connectivity index (χ3v) is 3.72. The van der Waals surface area contributed by atoms with Gasteiger partial charge in [0.05, 0.1) is 0 Å². The zero-order valence-electron chi connectivity index (χ0n) is 11.1. The number of halogens is 1. The third kappa shape index (κ3) is 3.23. The van der Waals surface area contributed by atoms with Gasteiger partial charge in [0.25, 0.3) is 0 Å². The lowest BCUT2D eigenvalue weighted by atomic mass is 10.1. The largest absolute Gasteiger partial charge is 0.409 e. The maximum absolute atomic E-state index is 13.6. The summed E-state index contributed by atoms with van der Waals surface area (Å²) in [7, 11) is 0. The van der Waals surface area contributed by atoms with Crippen LogP contribution in [0.1, 0.15) is 37.3 Å². The molecule has 0 saturated carbocycles. The number of hydrogen-bond acceptors (Lipinski definition) is 3. The van der Waals surface area contributed by atoms with Gasteiger partial charge in [0.1, 0.15) is 5.82 Å². The Hall–Kier alpha value is -1.62. The van der Waals surface area contributed by atoms with Crippen molar-refractivity contribution in [3.63, 3.8) is 0 Å². The fraction of sp³-hybridized carbons (Fsp3) is 0.500. The highest BCUT2D eigenvalue weighted by Crippen LogP contribution is 2.22. The number of nitrogens with zero attached hydrogens (tertiary/aromatic N) is 2. The van der Waals surface area contributed by atoms with Crippen LogP contribution in [0.5, 0.6) is 0 Å². The second kappa shape index (κ2) is 6.02. The first-order valence-electron chi connectivity index (χ1n) is 6.65. The molecule has 1 aliphatic heterocycles. The van der Waals surface area contributed by atoms with Crippen molar-refractivity contribution in [2.45, 2.75) is 38.8 Å². The molecule has 0 bridgehead atoms. The van der Waals surface area contributed by atoms with Crippen molar-refractivity contribution >= 4 is 5.84 Å². The molecule has 5 heteroatoms. The lowest BCUT2D eigenvalue weighted by Gasteiger charge is -2.23. The maximum atomic E-state index is 13.6. The molecule has 0 aromatic heterocycles. The van der Waals surface area contributed by atoms with Gasteiger partial charge in [-0.2, -0.15) is 0 Å². The summed E-state index contributed by atoms with van der Waals surface area (Å²) in [6.45, 7) is 3.94. The molecule has 3 N–H and O–H groups in total. The molecule has 1 unspecified atom stereocenters. The smallest absolute Gasteiger partial charge is 0.170 e. The van der Waals surface area contributed by atoms with Gasteiger partial charge in [-0.1, -0.05) is 12.1 Å². The van der Waals surface area contributed by atoms with E-state index in [4.69, 9.17) is 10.9 Å². The van der Waals surface area contributed by atoms with Crippen LogP contribution in [0.4, 0.5) is 4.39 Å². The van der Waals surface area contributed by atoms with E-state index in [1.165, 1.54) is 25.0 Å². The van der Waals surface area contributed by atoms with E-state index in [0.717, 1.165) is 18.5 Å². The molecule has 4 nitrogen and oxygen atoms in total. The fourth-order valence-corrected chi connectivity index (χ4v) is 2.75. The monoisotopic (exact) mass is 265 g/mol. The standard InChI is InChI=1S/C14H20FN3O/c1-2-13-4-3-5-18(13)9-10-6-11(14(16)17-19)8-12(15)7-10/h6-8,13,19H,2-5,9H2,1H3,(H2,16,17). The second-order valence-corrected chi connectivity index (χ2v) is 5.01. The molecular weight excluding hydrogens is 245 g/mol. The van der Waals surface area contributed by atoms with E-state index in [-0.39, 0.29) is 11.7 Å². The highest BCUT2D eigenvalue weighted by Gasteiger charge is 2.22. The minimum Gasteiger partial charge on any atom is -0.409 e. The van der Waals surface area contributed by atoms with Crippen molar-refractivity contribution in [2.24, 2.45) is 10.9 Å². The molecule has 1 fully saturated rings. The molecule has 1 aliphatic rings. The molecule has 0 radical (unpaired) electrons. The van der Waals surface area contributed by atoms with Crippen molar-refractivity contribution in [1.82, 2.24) is 4.90 Å². The topological polar surface area (TPSA) is 61.8 Å². The van der Waals surface area contributed by atoms with Gasteiger partial charge < -0.3 is 10.9 Å². The molecular formula is C14H20FN3O. The predicted molar refractivity (Wildman–Crippen MR) is 72.6 cm³/mol. The van der Waals surface area contributed by atoms with Crippen LogP contribution in [-0.2, 0) is 6.54 Å². The Morgan fingerprint density at radius 2 is 2.32 bits per heavy atom. The summed E-state index contributed by atoms with van der Waals surface area (Å²) in [6.07, 6.45) is 3.52. The Bertz CT molecular complexity index is 476. The van der Waals surface area contributed by atoms with E-state index >= 15 is 0 Å². The zero-order valence-corrected chi connectivity index (χ0v) is 11.1. The number of oxime groups is 1. The molecule has 1 heterocycles. The van der Waals surface area contributed by atoms with Crippen LogP contribution in [0.25, 0.3) is 0 Å². The molecule has 0 amide bonds. The summed E-state index contributed by atoms with van der Waals surface area (Å²) in [6, 6.07) is 5.15. The number of nitrogens with two attached hydrogens (primary N) is 1. The summed E-state index contributed by atoms with van der Waals surface area (Å²) >= 11 is 0. The SMILES string of the molecule is CCC1CCCN1Cc1cc(F)cc(/C(N)=N/O)c1. The van der Waals surface area contributed by atoms with Crippen molar-refractivity contribution in [3.05, 3.63) is 35.1 Å². The molecule has 0 aliphatic carbocycles. The van der Waals surface area contributed by atoms with Crippen LogP contribution < -0.4 is 5.73 Å². The van der Waals surface area contributed by atoms with Gasteiger partial charge in [0.2, 0.25) is 0 Å². The minimum atomic E-state index is -0.355. The summed E-state index contributed by atoms with van der Waals surface area (Å²) in [5, 5.41) is 11.6. The van der Waals surface area contributed by atoms with E-state index in [1.54, 1.807) is 6.07 Å². The zero-order chi connectivity index (χ0) is 13.8. The summed E-state index contributed by atoms with van der Waals surface area (Å²) < 4.78 is 13.6. The minimum absolute atomic E-state index is 0.0609. The van der Waals surface area contributed by atoms with Crippen molar-refractivity contribution in [2.75, 3.05) is 6.54 Å². The Morgan fingerprint density at radius 3 is 3.00 bits per heavy atom. The van der Waals surface area contributed by atoms with Crippen LogP contribution in [0.2, 0.25) is 0 Å². The van der Waals surface area contributed by atoms with Crippen molar-refractivity contribution in [1.29, 1.82) is 0 Å². The number of rotatable bonds is 4. The van der Waals surface area contributed by atoms with E-state index in [2.05, 4.69) is 17.0 Å². The van der Waals surface area contributed by atoms with Gasteiger partial charge in [0, 0.05) is 18.2 Å². The molecule has 2 rings (SSSR count). The number of likely N-dealkylation sites (tertiary alicyclic amines) is 1. The van der Waals surface area contributed by atoms with Gasteiger partial charge in [0.15, 0.2) is 5.84 Å². The van der Waals surface area contributed by atoms with Crippen LogP contribution in [0.3, 0.4) is 0 Å². The summed E-state index contributed by atoms with van der Waals surface area (Å²) in [5.41, 5.74) is 6.80. The van der Waals surface area contributed by atoms with Crippen molar-refractivity contribution in [3.8, 4) is 0 Å². The highest BCUT2D eigenvalue weighted by molar-refractivity contribution is 5.97. The Kier molecular flexibility index (Phi) is 4.37. The normalized spacial score (nSPS) is 20.9. The first-order chi connectivity index (χ1) is 9.13. The number of hydrogen-bond donors (Lipinski definition) is 2. The van der Waals surface area contributed by atoms with Gasteiger partial charge >= 0.3 is 0 Å². The average molecular weight is 265 g/mol. The average Bonchev–Trinajstić information content (AvgIpc) is 2.84. The lowest BCUT2D eigenvalue weighted by molar-refractivity contribution is 0.240. The highest BCUT2D eigenvalue weighted by atomic mass is 19.1. The van der Waals surface area contributed by atoms with Crippen LogP contribution in [0.15, 0.2) is 23.4 Å². The van der Waals surface area contributed by atoms with E-state index in [1.807, 2.05) is 0 Å². The number of amidine groups is 1. The molecule has 104 valence electrons. The summed E-state index contributed by atoms with van der Waals surface area (Å²) in [5.74, 6) is -0.416. The Balaban J connectivity index is 2.18. The first-order valence-corrected chi connectivity index (χ1v) is 6.65. The molecule has 0 spiro atoms. The van der Waals surface area contributed by atoms with Crippen LogP contribution in [0, 0.1) is 5.82 Å². The molecule has 1 atom stereocenters. The van der Waals surface area contributed by atoms with Crippen LogP contribution >= 0.6 is 0 Å². The quantitative estimate of drug-likeness (QED) is 0.380. The first kappa shape index (κ1) is 13.8. The van der Waals surface area contributed by atoms with Gasteiger partial charge in [-0.05, 0) is 49.6 Å². The van der Waals surface area contributed by atoms with E-state index < -0.39 is 0 Å². The predicted octanol–water partition coefficient (Wildman–Crippen LogP) is 2.29. The number of benzene rings is 1. The van der Waals surface area contributed by atoms with Gasteiger partial charge in [-0.15, -0.1) is 0 Å². The van der Waals surface area contributed by atoms with E-state index in [0.29, 0.717) is 18.2 Å².